The van der Waals surface area contributed by atoms with Crippen molar-refractivity contribution in [3.63, 3.8) is 0 Å². The number of allylic oxidation sites excluding steroid dienone is 2. The first-order valence-corrected chi connectivity index (χ1v) is 8.96. The van der Waals surface area contributed by atoms with Crippen LogP contribution < -0.4 is 0 Å². The molecule has 2 aliphatic carbocycles. The zero-order chi connectivity index (χ0) is 19.6. The molecule has 0 spiro atoms. The van der Waals surface area contributed by atoms with Gasteiger partial charge in [0.2, 0.25) is 11.6 Å². The fraction of sp³-hybridized carbons (Fsp3) is 0.600. The van der Waals surface area contributed by atoms with Gasteiger partial charge in [0, 0.05) is 16.6 Å². The Balaban J connectivity index is 2.37. The molecule has 1 saturated carbocycles. The first kappa shape index (κ1) is 18.5. The van der Waals surface area contributed by atoms with Crippen molar-refractivity contribution < 1.29 is 29.0 Å². The fourth-order valence-electron chi connectivity index (χ4n) is 5.10. The highest BCUT2D eigenvalue weighted by atomic mass is 16.6. The van der Waals surface area contributed by atoms with Gasteiger partial charge in [0.05, 0.1) is 5.92 Å². The number of rotatable bonds is 1. The van der Waals surface area contributed by atoms with Crippen molar-refractivity contribution in [2.45, 2.75) is 53.9 Å². The minimum atomic E-state index is -1.05. The lowest BCUT2D eigenvalue weighted by molar-refractivity contribution is -0.167. The van der Waals surface area contributed by atoms with Gasteiger partial charge in [-0.1, -0.05) is 41.0 Å². The average molecular weight is 360 g/mol. The molecule has 0 saturated heterocycles. The predicted octanol–water partition coefficient (Wildman–Crippen LogP) is 2.82. The largest absolute Gasteiger partial charge is 0.507 e. The van der Waals surface area contributed by atoms with Crippen LogP contribution in [-0.2, 0) is 23.9 Å². The first-order valence-electron chi connectivity index (χ1n) is 8.96. The van der Waals surface area contributed by atoms with Crippen molar-refractivity contribution in [2.24, 2.45) is 22.7 Å². The number of hydrogen-bond acceptors (Lipinski definition) is 6. The molecule has 0 radical (unpaired) electrons. The maximum atomic E-state index is 13.0. The lowest BCUT2D eigenvalue weighted by atomic mass is 9.52. The summed E-state index contributed by atoms with van der Waals surface area (Å²) in [5.41, 5.74) is -2.01. The van der Waals surface area contributed by atoms with Crippen molar-refractivity contribution in [1.29, 1.82) is 0 Å². The van der Waals surface area contributed by atoms with E-state index in [1.807, 2.05) is 13.8 Å². The van der Waals surface area contributed by atoms with Crippen LogP contribution in [0.5, 0.6) is 0 Å². The van der Waals surface area contributed by atoms with E-state index in [1.54, 1.807) is 20.8 Å². The van der Waals surface area contributed by atoms with E-state index in [1.165, 1.54) is 0 Å². The van der Waals surface area contributed by atoms with E-state index in [0.717, 1.165) is 12.8 Å². The van der Waals surface area contributed by atoms with Crippen molar-refractivity contribution in [3.8, 4) is 0 Å². The topological polar surface area (TPSA) is 97.7 Å². The number of cyclic esters (lactones) is 2. The normalized spacial score (nSPS) is 31.7. The van der Waals surface area contributed by atoms with Crippen LogP contribution in [-0.4, -0.2) is 28.6 Å². The summed E-state index contributed by atoms with van der Waals surface area (Å²) < 4.78 is 5.04. The van der Waals surface area contributed by atoms with Crippen molar-refractivity contribution in [1.82, 2.24) is 0 Å². The third-order valence-electron chi connectivity index (χ3n) is 6.14. The molecule has 26 heavy (non-hydrogen) atoms. The molecule has 0 aromatic heterocycles. The van der Waals surface area contributed by atoms with E-state index in [-0.39, 0.29) is 16.7 Å². The number of hydrogen-bond donors (Lipinski definition) is 1. The van der Waals surface area contributed by atoms with Gasteiger partial charge in [0.15, 0.2) is 0 Å². The second-order valence-electron chi connectivity index (χ2n) is 8.73. The van der Waals surface area contributed by atoms with Gasteiger partial charge < -0.3 is 9.84 Å². The SMILES string of the molecule is CC(C)C1=C(O)C2=C(C(=O)C1=O)[C@@]1(C)CCCC(C)(C)[C@@H]1C(=O)OC2=O. The Morgan fingerprint density at radius 2 is 1.65 bits per heavy atom. The van der Waals surface area contributed by atoms with Crippen molar-refractivity contribution >= 4 is 23.5 Å². The van der Waals surface area contributed by atoms with E-state index in [0.29, 0.717) is 6.42 Å². The Morgan fingerprint density at radius 3 is 2.23 bits per heavy atom. The highest BCUT2D eigenvalue weighted by molar-refractivity contribution is 6.51. The van der Waals surface area contributed by atoms with Gasteiger partial charge in [-0.05, 0) is 24.2 Å². The minimum absolute atomic E-state index is 0.0574. The van der Waals surface area contributed by atoms with E-state index in [2.05, 4.69) is 0 Å². The molecule has 0 unspecified atom stereocenters. The van der Waals surface area contributed by atoms with Crippen molar-refractivity contribution in [2.75, 3.05) is 0 Å². The van der Waals surface area contributed by atoms with Gasteiger partial charge in [-0.2, -0.15) is 0 Å². The molecule has 1 fully saturated rings. The quantitative estimate of drug-likeness (QED) is 0.334. The molecule has 0 amide bonds. The Morgan fingerprint density at radius 1 is 1.04 bits per heavy atom. The fourth-order valence-corrected chi connectivity index (χ4v) is 5.10. The number of aliphatic hydroxyl groups excluding tert-OH is 1. The summed E-state index contributed by atoms with van der Waals surface area (Å²) in [4.78, 5) is 51.1. The second kappa shape index (κ2) is 5.63. The average Bonchev–Trinajstić information content (AvgIpc) is 2.57. The molecule has 1 N–H and O–H groups in total. The maximum absolute atomic E-state index is 13.0. The zero-order valence-electron chi connectivity index (χ0n) is 15.8. The van der Waals surface area contributed by atoms with Gasteiger partial charge in [-0.15, -0.1) is 0 Å². The molecule has 140 valence electrons. The monoisotopic (exact) mass is 360 g/mol. The first-order chi connectivity index (χ1) is 11.9. The van der Waals surface area contributed by atoms with Gasteiger partial charge in [-0.25, -0.2) is 4.79 Å². The Hall–Kier alpha value is -2.24. The van der Waals surface area contributed by atoms with Crippen molar-refractivity contribution in [3.05, 3.63) is 22.5 Å². The highest BCUT2D eigenvalue weighted by Gasteiger charge is 2.60. The van der Waals surface area contributed by atoms with Crippen LogP contribution in [0.1, 0.15) is 53.9 Å². The molecule has 2 atom stereocenters. The molecule has 6 nitrogen and oxygen atoms in total. The zero-order valence-corrected chi connectivity index (χ0v) is 15.8. The standard InChI is InChI=1S/C20H24O6/c1-9(2)10-13(21)11-12(15(23)14(10)22)20(5)8-6-7-19(3,4)16(20)18(25)26-17(11)24/h9,16,21H,6-8H2,1-5H3/t16-,20+/m0/s1. The number of fused-ring (bicyclic) bond motifs is 2. The molecular weight excluding hydrogens is 336 g/mol. The number of ether oxygens (including phenoxy) is 1. The third kappa shape index (κ3) is 2.31. The Kier molecular flexibility index (Phi) is 4.01. The van der Waals surface area contributed by atoms with Gasteiger partial charge in [-0.3, -0.25) is 14.4 Å². The summed E-state index contributed by atoms with van der Waals surface area (Å²) in [6.07, 6.45) is 1.94. The van der Waals surface area contributed by atoms with Crippen LogP contribution in [0, 0.1) is 22.7 Å². The summed E-state index contributed by atoms with van der Waals surface area (Å²) in [5, 5.41) is 10.7. The molecule has 1 heterocycles. The molecule has 0 aromatic carbocycles. The molecule has 0 aromatic rings. The van der Waals surface area contributed by atoms with E-state index < -0.39 is 51.9 Å². The smallest absolute Gasteiger partial charge is 0.350 e. The predicted molar refractivity (Wildman–Crippen MR) is 91.9 cm³/mol. The van der Waals surface area contributed by atoms with E-state index in [4.69, 9.17) is 4.74 Å². The maximum Gasteiger partial charge on any atom is 0.350 e. The van der Waals surface area contributed by atoms with Gasteiger partial charge >= 0.3 is 11.9 Å². The number of carbonyl (C=O) groups is 4. The summed E-state index contributed by atoms with van der Waals surface area (Å²) in [7, 11) is 0. The molecule has 0 bridgehead atoms. The lowest BCUT2D eigenvalue weighted by Gasteiger charge is -2.49. The van der Waals surface area contributed by atoms with Crippen LogP contribution in [0.25, 0.3) is 0 Å². The van der Waals surface area contributed by atoms with Crippen LogP contribution >= 0.6 is 0 Å². The molecular formula is C20H24O6. The number of ketones is 2. The molecule has 1 aliphatic heterocycles. The van der Waals surface area contributed by atoms with Crippen LogP contribution in [0.3, 0.4) is 0 Å². The Bertz CT molecular complexity index is 810. The summed E-state index contributed by atoms with van der Waals surface area (Å²) in [5.74, 6) is -5.07. The number of aliphatic hydroxyl groups is 1. The highest BCUT2D eigenvalue weighted by Crippen LogP contribution is 2.58. The molecule has 3 rings (SSSR count). The van der Waals surface area contributed by atoms with E-state index in [9.17, 15) is 24.3 Å². The third-order valence-corrected chi connectivity index (χ3v) is 6.14. The molecule has 6 heteroatoms. The van der Waals surface area contributed by atoms with E-state index >= 15 is 0 Å². The number of carbonyl (C=O) groups excluding carboxylic acids is 4. The summed E-state index contributed by atoms with van der Waals surface area (Å²) in [6.45, 7) is 8.84. The lowest BCUT2D eigenvalue weighted by Crippen LogP contribution is -2.49. The van der Waals surface area contributed by atoms with Gasteiger partial charge in [0.1, 0.15) is 11.3 Å². The second-order valence-corrected chi connectivity index (χ2v) is 8.73. The minimum Gasteiger partial charge on any atom is -0.507 e. The number of Topliss-reactive ketones (excluding diaryl/α,β-unsaturated/α-hetero) is 2. The summed E-state index contributed by atoms with van der Waals surface area (Å²) >= 11 is 0. The van der Waals surface area contributed by atoms with Gasteiger partial charge in [0.25, 0.3) is 0 Å². The van der Waals surface area contributed by atoms with Crippen LogP contribution in [0.15, 0.2) is 22.5 Å². The molecule has 3 aliphatic rings. The van der Waals surface area contributed by atoms with Crippen LogP contribution in [0.4, 0.5) is 0 Å². The summed E-state index contributed by atoms with van der Waals surface area (Å²) in [6, 6.07) is 0. The number of esters is 2. The Labute approximate surface area is 152 Å². The van der Waals surface area contributed by atoms with Crippen LogP contribution in [0.2, 0.25) is 0 Å².